The van der Waals surface area contributed by atoms with Gasteiger partial charge in [-0.25, -0.2) is 4.99 Å². The summed E-state index contributed by atoms with van der Waals surface area (Å²) in [7, 11) is 1.56. The van der Waals surface area contributed by atoms with E-state index >= 15 is 0 Å². The summed E-state index contributed by atoms with van der Waals surface area (Å²) in [5, 5.41) is 9.54. The number of nitrogens with zero attached hydrogens (tertiary/aromatic N) is 2. The summed E-state index contributed by atoms with van der Waals surface area (Å²) in [4.78, 5) is 16.0. The van der Waals surface area contributed by atoms with Gasteiger partial charge in [0.25, 0.3) is 5.91 Å². The van der Waals surface area contributed by atoms with E-state index in [4.69, 9.17) is 20.1 Å². The quantitative estimate of drug-likeness (QED) is 0.801. The fourth-order valence-corrected chi connectivity index (χ4v) is 2.21. The lowest BCUT2D eigenvalue weighted by Crippen LogP contribution is -2.21. The Morgan fingerprint density at radius 3 is 2.58 bits per heavy atom. The Balaban J connectivity index is 2.23. The lowest BCUT2D eigenvalue weighted by molar-refractivity contribution is 0.0996. The van der Waals surface area contributed by atoms with Crippen LogP contribution in [0.3, 0.4) is 0 Å². The van der Waals surface area contributed by atoms with E-state index in [1.165, 1.54) is 0 Å². The van der Waals surface area contributed by atoms with E-state index in [0.29, 0.717) is 28.0 Å². The SMILES string of the molecule is COc1ccc2cc(C(N)=O)c(=Nc3ccc(C#N)cc3)oc2c1. The van der Waals surface area contributed by atoms with E-state index in [9.17, 15) is 4.79 Å². The average molecular weight is 319 g/mol. The summed E-state index contributed by atoms with van der Waals surface area (Å²) in [6.07, 6.45) is 0. The van der Waals surface area contributed by atoms with Crippen molar-refractivity contribution in [3.05, 3.63) is 65.2 Å². The minimum atomic E-state index is -0.635. The van der Waals surface area contributed by atoms with Crippen LogP contribution in [0.25, 0.3) is 11.0 Å². The van der Waals surface area contributed by atoms with Crippen LogP contribution in [0.4, 0.5) is 5.69 Å². The first-order valence-corrected chi connectivity index (χ1v) is 7.07. The predicted molar refractivity (Wildman–Crippen MR) is 87.7 cm³/mol. The molecule has 1 amide bonds. The fraction of sp³-hybridized carbons (Fsp3) is 0.0556. The van der Waals surface area contributed by atoms with E-state index in [1.54, 1.807) is 55.6 Å². The second-order valence-electron chi connectivity index (χ2n) is 5.00. The molecule has 24 heavy (non-hydrogen) atoms. The molecule has 0 atom stereocenters. The predicted octanol–water partition coefficient (Wildman–Crippen LogP) is 2.64. The highest BCUT2D eigenvalue weighted by Crippen LogP contribution is 2.20. The highest BCUT2D eigenvalue weighted by atomic mass is 16.5. The van der Waals surface area contributed by atoms with Crippen LogP contribution in [0.2, 0.25) is 0 Å². The standard InChI is InChI=1S/C18H13N3O3/c1-23-14-7-4-12-8-15(17(20)22)18(24-16(12)9-14)21-13-5-2-11(10-19)3-6-13/h2-9H,1H3,(H2,20,22). The van der Waals surface area contributed by atoms with Gasteiger partial charge in [-0.3, -0.25) is 4.79 Å². The Labute approximate surface area is 137 Å². The number of carbonyl (C=O) groups is 1. The van der Waals surface area contributed by atoms with Crippen molar-refractivity contribution in [2.45, 2.75) is 0 Å². The lowest BCUT2D eigenvalue weighted by Gasteiger charge is -2.04. The zero-order chi connectivity index (χ0) is 17.1. The molecule has 0 saturated carbocycles. The molecule has 2 aromatic carbocycles. The van der Waals surface area contributed by atoms with Gasteiger partial charge in [-0.15, -0.1) is 0 Å². The smallest absolute Gasteiger partial charge is 0.254 e. The largest absolute Gasteiger partial charge is 0.497 e. The zero-order valence-corrected chi connectivity index (χ0v) is 12.8. The molecule has 0 aliphatic heterocycles. The minimum Gasteiger partial charge on any atom is -0.497 e. The molecule has 1 heterocycles. The van der Waals surface area contributed by atoms with Crippen LogP contribution < -0.4 is 16.0 Å². The van der Waals surface area contributed by atoms with Crippen LogP contribution in [0.5, 0.6) is 5.75 Å². The number of rotatable bonds is 3. The van der Waals surface area contributed by atoms with E-state index in [1.807, 2.05) is 6.07 Å². The van der Waals surface area contributed by atoms with Gasteiger partial charge in [-0.05, 0) is 42.5 Å². The summed E-state index contributed by atoms with van der Waals surface area (Å²) in [5.74, 6) is -0.00809. The Morgan fingerprint density at radius 2 is 1.96 bits per heavy atom. The molecule has 0 fully saturated rings. The van der Waals surface area contributed by atoms with Crippen LogP contribution in [-0.4, -0.2) is 13.0 Å². The molecular formula is C18H13N3O3. The van der Waals surface area contributed by atoms with Crippen LogP contribution >= 0.6 is 0 Å². The summed E-state index contributed by atoms with van der Waals surface area (Å²) in [6, 6.07) is 15.5. The number of hydrogen-bond donors (Lipinski definition) is 1. The van der Waals surface area contributed by atoms with E-state index in [-0.39, 0.29) is 11.1 Å². The highest BCUT2D eigenvalue weighted by molar-refractivity contribution is 5.95. The number of nitriles is 1. The van der Waals surface area contributed by atoms with Crippen molar-refractivity contribution in [2.24, 2.45) is 10.7 Å². The molecule has 0 saturated heterocycles. The average Bonchev–Trinajstić information content (AvgIpc) is 2.61. The van der Waals surface area contributed by atoms with Gasteiger partial charge < -0.3 is 14.9 Å². The summed E-state index contributed by atoms with van der Waals surface area (Å²) in [5.41, 5.74) is 7.30. The number of carbonyl (C=O) groups excluding carboxylic acids is 1. The second-order valence-corrected chi connectivity index (χ2v) is 5.00. The van der Waals surface area contributed by atoms with Crippen molar-refractivity contribution >= 4 is 22.6 Å². The molecule has 118 valence electrons. The molecule has 6 nitrogen and oxygen atoms in total. The van der Waals surface area contributed by atoms with Crippen molar-refractivity contribution in [1.82, 2.24) is 0 Å². The maximum absolute atomic E-state index is 11.7. The third-order valence-electron chi connectivity index (χ3n) is 3.45. The first-order valence-electron chi connectivity index (χ1n) is 7.07. The van der Waals surface area contributed by atoms with Crippen LogP contribution in [0.15, 0.2) is 57.9 Å². The van der Waals surface area contributed by atoms with Crippen LogP contribution in [0.1, 0.15) is 15.9 Å². The zero-order valence-electron chi connectivity index (χ0n) is 12.8. The number of nitrogens with two attached hydrogens (primary N) is 1. The van der Waals surface area contributed by atoms with Crippen molar-refractivity contribution in [2.75, 3.05) is 7.11 Å². The number of amides is 1. The Bertz CT molecular complexity index is 1030. The number of fused-ring (bicyclic) bond motifs is 1. The van der Waals surface area contributed by atoms with Crippen molar-refractivity contribution in [3.8, 4) is 11.8 Å². The molecule has 0 bridgehead atoms. The first-order chi connectivity index (χ1) is 11.6. The number of ether oxygens (including phenoxy) is 1. The van der Waals surface area contributed by atoms with Gasteiger partial charge in [0.2, 0.25) is 5.55 Å². The molecule has 0 aliphatic carbocycles. The number of methoxy groups -OCH3 is 1. The lowest BCUT2D eigenvalue weighted by atomic mass is 10.1. The monoisotopic (exact) mass is 319 g/mol. The van der Waals surface area contributed by atoms with E-state index in [0.717, 1.165) is 0 Å². The Kier molecular flexibility index (Phi) is 4.00. The van der Waals surface area contributed by atoms with Crippen molar-refractivity contribution < 1.29 is 13.9 Å². The van der Waals surface area contributed by atoms with Gasteiger partial charge in [-0.2, -0.15) is 5.26 Å². The molecule has 6 heteroatoms. The summed E-state index contributed by atoms with van der Waals surface area (Å²) >= 11 is 0. The molecular weight excluding hydrogens is 306 g/mol. The summed E-state index contributed by atoms with van der Waals surface area (Å²) in [6.45, 7) is 0. The third kappa shape index (κ3) is 2.96. The van der Waals surface area contributed by atoms with Gasteiger partial charge in [0.1, 0.15) is 16.9 Å². The Hall–Kier alpha value is -3.59. The topological polar surface area (TPSA) is 102 Å². The highest BCUT2D eigenvalue weighted by Gasteiger charge is 2.10. The van der Waals surface area contributed by atoms with Crippen LogP contribution in [-0.2, 0) is 0 Å². The number of primary amides is 1. The number of hydrogen-bond acceptors (Lipinski definition) is 5. The molecule has 0 spiro atoms. The molecule has 0 aliphatic rings. The number of benzene rings is 2. The minimum absolute atomic E-state index is 0.105. The second kappa shape index (κ2) is 6.26. The van der Waals surface area contributed by atoms with Crippen LogP contribution in [0, 0.1) is 11.3 Å². The summed E-state index contributed by atoms with van der Waals surface area (Å²) < 4.78 is 10.9. The van der Waals surface area contributed by atoms with Gasteiger partial charge >= 0.3 is 0 Å². The normalized spacial score (nSPS) is 11.2. The van der Waals surface area contributed by atoms with E-state index in [2.05, 4.69) is 4.99 Å². The van der Waals surface area contributed by atoms with E-state index < -0.39 is 5.91 Å². The van der Waals surface area contributed by atoms with Gasteiger partial charge in [-0.1, -0.05) is 0 Å². The van der Waals surface area contributed by atoms with Gasteiger partial charge in [0.15, 0.2) is 0 Å². The van der Waals surface area contributed by atoms with Crippen molar-refractivity contribution in [1.29, 1.82) is 5.26 Å². The van der Waals surface area contributed by atoms with Gasteiger partial charge in [0, 0.05) is 11.5 Å². The molecule has 3 aromatic rings. The maximum atomic E-state index is 11.7. The van der Waals surface area contributed by atoms with Crippen molar-refractivity contribution in [3.63, 3.8) is 0 Å². The Morgan fingerprint density at radius 1 is 1.21 bits per heavy atom. The third-order valence-corrected chi connectivity index (χ3v) is 3.45. The fourth-order valence-electron chi connectivity index (χ4n) is 2.21. The maximum Gasteiger partial charge on any atom is 0.254 e. The molecule has 2 N–H and O–H groups in total. The molecule has 1 aromatic heterocycles. The molecule has 3 rings (SSSR count). The van der Waals surface area contributed by atoms with Gasteiger partial charge in [0.05, 0.1) is 24.4 Å². The molecule has 0 radical (unpaired) electrons. The molecule has 0 unspecified atom stereocenters. The first kappa shape index (κ1) is 15.3.